The van der Waals surface area contributed by atoms with Crippen molar-refractivity contribution in [2.45, 2.75) is 33.6 Å². The number of allylic oxidation sites excluding steroid dienone is 2. The van der Waals surface area contributed by atoms with E-state index in [2.05, 4.69) is 10.3 Å². The van der Waals surface area contributed by atoms with Gasteiger partial charge in [0.15, 0.2) is 0 Å². The number of nitrogens with one attached hydrogen (secondary N) is 1. The zero-order valence-corrected chi connectivity index (χ0v) is 15.3. The second kappa shape index (κ2) is 7.96. The number of pyridine rings is 1. The molecule has 1 aliphatic rings. The summed E-state index contributed by atoms with van der Waals surface area (Å²) in [6.07, 6.45) is 3.29. The average molecular weight is 344 g/mol. The number of aromatic nitrogens is 1. The number of esters is 2. The lowest BCUT2D eigenvalue weighted by molar-refractivity contribution is -0.140. The van der Waals surface area contributed by atoms with E-state index in [-0.39, 0.29) is 5.92 Å². The molecule has 6 heteroatoms. The second-order valence-corrected chi connectivity index (χ2v) is 6.41. The van der Waals surface area contributed by atoms with Crippen LogP contribution in [-0.2, 0) is 19.1 Å². The Bertz CT molecular complexity index is 720. The minimum atomic E-state index is -0.581. The molecule has 2 rings (SSSR count). The van der Waals surface area contributed by atoms with E-state index in [9.17, 15) is 9.59 Å². The highest BCUT2D eigenvalue weighted by Gasteiger charge is 2.37. The van der Waals surface area contributed by atoms with Gasteiger partial charge in [-0.2, -0.15) is 0 Å². The van der Waals surface area contributed by atoms with Gasteiger partial charge in [0.1, 0.15) is 0 Å². The van der Waals surface area contributed by atoms with Crippen LogP contribution in [0, 0.1) is 5.92 Å². The molecule has 1 aromatic heterocycles. The molecule has 0 radical (unpaired) electrons. The number of carbonyl (C=O) groups excluding carboxylic acids is 2. The van der Waals surface area contributed by atoms with Crippen LogP contribution in [-0.4, -0.2) is 30.6 Å². The monoisotopic (exact) mass is 344 g/mol. The van der Waals surface area contributed by atoms with Crippen molar-refractivity contribution in [1.29, 1.82) is 0 Å². The minimum Gasteiger partial charge on any atom is -0.466 e. The molecule has 0 fully saturated rings. The maximum absolute atomic E-state index is 12.7. The van der Waals surface area contributed by atoms with Gasteiger partial charge in [-0.3, -0.25) is 4.98 Å². The van der Waals surface area contributed by atoms with Gasteiger partial charge in [0.2, 0.25) is 0 Å². The molecule has 6 nitrogen and oxygen atoms in total. The first-order valence-corrected chi connectivity index (χ1v) is 8.20. The molecule has 0 aromatic carbocycles. The Morgan fingerprint density at radius 3 is 2.36 bits per heavy atom. The van der Waals surface area contributed by atoms with Crippen molar-refractivity contribution in [2.75, 3.05) is 13.7 Å². The van der Waals surface area contributed by atoms with Crippen LogP contribution in [0.2, 0.25) is 0 Å². The highest BCUT2D eigenvalue weighted by molar-refractivity contribution is 5.99. The fraction of sp³-hybridized carbons (Fsp3) is 0.421. The highest BCUT2D eigenvalue weighted by Crippen LogP contribution is 2.38. The molecule has 0 aliphatic carbocycles. The van der Waals surface area contributed by atoms with Crippen LogP contribution >= 0.6 is 0 Å². The zero-order chi connectivity index (χ0) is 18.6. The largest absolute Gasteiger partial charge is 0.466 e. The molecule has 0 bridgehead atoms. The first-order chi connectivity index (χ1) is 11.9. The third-order valence-electron chi connectivity index (χ3n) is 3.95. The Morgan fingerprint density at radius 2 is 1.84 bits per heavy atom. The number of hydrogen-bond acceptors (Lipinski definition) is 6. The molecule has 2 heterocycles. The van der Waals surface area contributed by atoms with Crippen LogP contribution in [0.4, 0.5) is 0 Å². The number of ether oxygens (including phenoxy) is 2. The maximum Gasteiger partial charge on any atom is 0.336 e. The quantitative estimate of drug-likeness (QED) is 0.828. The van der Waals surface area contributed by atoms with Crippen LogP contribution in [0.3, 0.4) is 0 Å². The van der Waals surface area contributed by atoms with Crippen LogP contribution in [0.15, 0.2) is 47.1 Å². The molecule has 0 saturated carbocycles. The van der Waals surface area contributed by atoms with E-state index < -0.39 is 17.9 Å². The number of hydrogen-bond donors (Lipinski definition) is 1. The Hall–Kier alpha value is -2.63. The van der Waals surface area contributed by atoms with E-state index >= 15 is 0 Å². The molecule has 25 heavy (non-hydrogen) atoms. The van der Waals surface area contributed by atoms with Gasteiger partial charge in [0, 0.05) is 23.8 Å². The number of methoxy groups -OCH3 is 1. The van der Waals surface area contributed by atoms with E-state index in [1.807, 2.05) is 19.9 Å². The van der Waals surface area contributed by atoms with Gasteiger partial charge >= 0.3 is 11.9 Å². The topological polar surface area (TPSA) is 77.5 Å². The SMILES string of the molecule is COC(=O)C1=C(C)NC(C)=C(C(=O)OCC(C)C)C1c1cccnc1. The van der Waals surface area contributed by atoms with Gasteiger partial charge in [-0.1, -0.05) is 19.9 Å². The first-order valence-electron chi connectivity index (χ1n) is 8.20. The Balaban J connectivity index is 2.53. The number of rotatable bonds is 5. The summed E-state index contributed by atoms with van der Waals surface area (Å²) in [4.78, 5) is 29.3. The maximum atomic E-state index is 12.7. The third kappa shape index (κ3) is 4.07. The first kappa shape index (κ1) is 18.7. The Labute approximate surface area is 147 Å². The normalized spacial score (nSPS) is 17.4. The van der Waals surface area contributed by atoms with Gasteiger partial charge in [0.25, 0.3) is 0 Å². The van der Waals surface area contributed by atoms with Crippen molar-refractivity contribution in [1.82, 2.24) is 10.3 Å². The van der Waals surface area contributed by atoms with Crippen molar-refractivity contribution >= 4 is 11.9 Å². The fourth-order valence-electron chi connectivity index (χ4n) is 2.85. The summed E-state index contributed by atoms with van der Waals surface area (Å²) >= 11 is 0. The van der Waals surface area contributed by atoms with Gasteiger partial charge in [0.05, 0.1) is 30.8 Å². The summed E-state index contributed by atoms with van der Waals surface area (Å²) < 4.78 is 10.4. The number of carbonyl (C=O) groups is 2. The molecule has 0 spiro atoms. The zero-order valence-electron chi connectivity index (χ0n) is 15.3. The van der Waals surface area contributed by atoms with E-state index in [1.54, 1.807) is 32.3 Å². The van der Waals surface area contributed by atoms with Crippen LogP contribution < -0.4 is 5.32 Å². The summed E-state index contributed by atoms with van der Waals surface area (Å²) in [5, 5.41) is 3.10. The van der Waals surface area contributed by atoms with Crippen LogP contribution in [0.1, 0.15) is 39.2 Å². The lowest BCUT2D eigenvalue weighted by atomic mass is 9.81. The van der Waals surface area contributed by atoms with Crippen LogP contribution in [0.5, 0.6) is 0 Å². The molecule has 1 atom stereocenters. The summed E-state index contributed by atoms with van der Waals surface area (Å²) in [5.74, 6) is -1.29. The third-order valence-corrected chi connectivity index (χ3v) is 3.95. The standard InChI is InChI=1S/C19H24N2O4/c1-11(2)10-25-19(23)16-13(4)21-12(3)15(18(22)24-5)17(16)14-7-6-8-20-9-14/h6-9,11,17,21H,10H2,1-5H3. The van der Waals surface area contributed by atoms with Crippen molar-refractivity contribution in [3.8, 4) is 0 Å². The Kier molecular flexibility index (Phi) is 5.96. The van der Waals surface area contributed by atoms with Crippen molar-refractivity contribution in [3.63, 3.8) is 0 Å². The molecular formula is C19H24N2O4. The van der Waals surface area contributed by atoms with E-state index in [0.29, 0.717) is 29.1 Å². The molecular weight excluding hydrogens is 320 g/mol. The van der Waals surface area contributed by atoms with E-state index in [1.165, 1.54) is 7.11 Å². The summed E-state index contributed by atoms with van der Waals surface area (Å²) in [5.41, 5.74) is 2.84. The fourth-order valence-corrected chi connectivity index (χ4v) is 2.85. The predicted molar refractivity (Wildman–Crippen MR) is 93.3 cm³/mol. The molecule has 0 saturated heterocycles. The molecule has 1 unspecified atom stereocenters. The van der Waals surface area contributed by atoms with Gasteiger partial charge in [-0.05, 0) is 31.4 Å². The minimum absolute atomic E-state index is 0.218. The molecule has 1 aliphatic heterocycles. The summed E-state index contributed by atoms with van der Waals surface area (Å²) in [7, 11) is 1.32. The lowest BCUT2D eigenvalue weighted by Crippen LogP contribution is -2.32. The molecule has 1 N–H and O–H groups in total. The van der Waals surface area contributed by atoms with Gasteiger partial charge in [-0.25, -0.2) is 9.59 Å². The van der Waals surface area contributed by atoms with Crippen molar-refractivity contribution < 1.29 is 19.1 Å². The van der Waals surface area contributed by atoms with Gasteiger partial charge < -0.3 is 14.8 Å². The van der Waals surface area contributed by atoms with Crippen molar-refractivity contribution in [2.24, 2.45) is 5.92 Å². The Morgan fingerprint density at radius 1 is 1.20 bits per heavy atom. The molecule has 1 aromatic rings. The molecule has 134 valence electrons. The number of dihydropyridines is 1. The van der Waals surface area contributed by atoms with Crippen molar-refractivity contribution in [3.05, 3.63) is 52.6 Å². The average Bonchev–Trinajstić information content (AvgIpc) is 2.59. The highest BCUT2D eigenvalue weighted by atomic mass is 16.5. The lowest BCUT2D eigenvalue weighted by Gasteiger charge is -2.30. The molecule has 0 amide bonds. The van der Waals surface area contributed by atoms with E-state index in [4.69, 9.17) is 9.47 Å². The smallest absolute Gasteiger partial charge is 0.336 e. The van der Waals surface area contributed by atoms with Crippen LogP contribution in [0.25, 0.3) is 0 Å². The predicted octanol–water partition coefficient (Wildman–Crippen LogP) is 2.69. The number of nitrogens with zero attached hydrogens (tertiary/aromatic N) is 1. The van der Waals surface area contributed by atoms with Gasteiger partial charge in [-0.15, -0.1) is 0 Å². The second-order valence-electron chi connectivity index (χ2n) is 6.41. The summed E-state index contributed by atoms with van der Waals surface area (Å²) in [6, 6.07) is 3.61. The van der Waals surface area contributed by atoms with E-state index in [0.717, 1.165) is 5.56 Å². The summed E-state index contributed by atoms with van der Waals surface area (Å²) in [6.45, 7) is 7.83.